The Morgan fingerprint density at radius 3 is 2.33 bits per heavy atom. The highest BCUT2D eigenvalue weighted by Gasteiger charge is 2.31. The summed E-state index contributed by atoms with van der Waals surface area (Å²) in [4.78, 5) is 25.2. The van der Waals surface area contributed by atoms with Gasteiger partial charge in [-0.2, -0.15) is 0 Å². The Labute approximate surface area is 193 Å². The molecule has 2 aliphatic rings. The second-order valence-corrected chi connectivity index (χ2v) is 9.07. The molecule has 2 saturated heterocycles. The van der Waals surface area contributed by atoms with E-state index in [2.05, 4.69) is 24.9 Å². The molecule has 4 rings (SSSR count). The molecule has 0 radical (unpaired) electrons. The van der Waals surface area contributed by atoms with Gasteiger partial charge in [0.05, 0.1) is 25.6 Å². The van der Waals surface area contributed by atoms with Crippen LogP contribution in [-0.2, 0) is 9.53 Å². The summed E-state index contributed by atoms with van der Waals surface area (Å²) in [6.45, 7) is 6.99. The summed E-state index contributed by atoms with van der Waals surface area (Å²) in [5.41, 5.74) is 0. The first-order valence-electron chi connectivity index (χ1n) is 11.7. The van der Waals surface area contributed by atoms with Crippen molar-refractivity contribution in [3.63, 3.8) is 0 Å². The molecule has 2 aromatic rings. The van der Waals surface area contributed by atoms with Crippen LogP contribution in [-0.4, -0.2) is 71.7 Å². The molecule has 0 saturated carbocycles. The molecule has 180 valence electrons. The maximum Gasteiger partial charge on any atom is 0.316 e. The predicted molar refractivity (Wildman–Crippen MR) is 121 cm³/mol. The van der Waals surface area contributed by atoms with Gasteiger partial charge < -0.3 is 28.9 Å². The summed E-state index contributed by atoms with van der Waals surface area (Å²) in [7, 11) is 1.39. The highest BCUT2D eigenvalue weighted by Crippen LogP contribution is 2.30. The van der Waals surface area contributed by atoms with Gasteiger partial charge in [-0.25, -0.2) is 9.97 Å². The number of rotatable bonds is 7. The van der Waals surface area contributed by atoms with Crippen molar-refractivity contribution < 1.29 is 23.9 Å². The van der Waals surface area contributed by atoms with Crippen molar-refractivity contribution in [3.05, 3.63) is 24.2 Å². The summed E-state index contributed by atoms with van der Waals surface area (Å²) in [6, 6.07) is 1.84. The zero-order valence-electron chi connectivity index (χ0n) is 19.5. The minimum Gasteiger partial charge on any atom is -0.487 e. The van der Waals surface area contributed by atoms with Crippen LogP contribution in [0.4, 0.5) is 11.8 Å². The summed E-state index contributed by atoms with van der Waals surface area (Å²) in [5, 5.41) is 13.8. The lowest BCUT2D eigenvalue weighted by atomic mass is 9.93. The maximum absolute atomic E-state index is 12.1. The molecule has 33 heavy (non-hydrogen) atoms. The van der Waals surface area contributed by atoms with E-state index in [1.54, 1.807) is 12.4 Å². The fourth-order valence-corrected chi connectivity index (χ4v) is 4.41. The zero-order chi connectivity index (χ0) is 23.4. The molecule has 0 spiro atoms. The van der Waals surface area contributed by atoms with Crippen molar-refractivity contribution in [2.24, 2.45) is 5.92 Å². The van der Waals surface area contributed by atoms with E-state index in [-0.39, 0.29) is 24.1 Å². The van der Waals surface area contributed by atoms with Gasteiger partial charge in [0, 0.05) is 45.1 Å². The molecule has 0 aliphatic carbocycles. The molecule has 0 amide bonds. The van der Waals surface area contributed by atoms with Gasteiger partial charge in [0.25, 0.3) is 0 Å². The number of nitrogens with zero attached hydrogens (tertiary/aromatic N) is 5. The number of aromatic nitrogens is 3. The summed E-state index contributed by atoms with van der Waals surface area (Å²) >= 11 is 0. The highest BCUT2D eigenvalue weighted by atomic mass is 16.5. The van der Waals surface area contributed by atoms with Gasteiger partial charge in [-0.1, -0.05) is 19.0 Å². The standard InChI is InChI=1S/C23H33N5O5/c1-15(2)21(22(30)31-3)19-12-20(26-33-19)27-10-6-17(7-11-27)32-18-13-24-23(25-14-18)28-8-4-16(29)5-9-28/h12-17,21,29H,4-11H2,1-3H3. The van der Waals surface area contributed by atoms with E-state index in [4.69, 9.17) is 14.0 Å². The number of carbonyl (C=O) groups excluding carboxylic acids is 1. The molecular weight excluding hydrogens is 426 g/mol. The average molecular weight is 460 g/mol. The topological polar surface area (TPSA) is 114 Å². The van der Waals surface area contributed by atoms with Crippen molar-refractivity contribution in [2.45, 2.75) is 57.7 Å². The quantitative estimate of drug-likeness (QED) is 0.619. The lowest BCUT2D eigenvalue weighted by Crippen LogP contribution is -2.38. The van der Waals surface area contributed by atoms with Gasteiger partial charge >= 0.3 is 5.97 Å². The number of methoxy groups -OCH3 is 1. The number of hydrogen-bond donors (Lipinski definition) is 1. The number of ether oxygens (including phenoxy) is 2. The summed E-state index contributed by atoms with van der Waals surface area (Å²) in [5.74, 6) is 1.88. The van der Waals surface area contributed by atoms with Crippen molar-refractivity contribution in [3.8, 4) is 5.75 Å². The van der Waals surface area contributed by atoms with Crippen molar-refractivity contribution in [2.75, 3.05) is 43.1 Å². The molecule has 2 aromatic heterocycles. The molecule has 0 bridgehead atoms. The largest absolute Gasteiger partial charge is 0.487 e. The highest BCUT2D eigenvalue weighted by molar-refractivity contribution is 5.77. The minimum absolute atomic E-state index is 0.0486. The third kappa shape index (κ3) is 5.55. The fraction of sp³-hybridized carbons (Fsp3) is 0.652. The lowest BCUT2D eigenvalue weighted by molar-refractivity contribution is -0.144. The van der Waals surface area contributed by atoms with Crippen LogP contribution in [0.25, 0.3) is 0 Å². The van der Waals surface area contributed by atoms with Crippen LogP contribution in [0.15, 0.2) is 23.0 Å². The average Bonchev–Trinajstić information content (AvgIpc) is 3.30. The van der Waals surface area contributed by atoms with Crippen molar-refractivity contribution in [1.82, 2.24) is 15.1 Å². The van der Waals surface area contributed by atoms with Gasteiger partial charge in [0.2, 0.25) is 5.95 Å². The van der Waals surface area contributed by atoms with Gasteiger partial charge in [0.15, 0.2) is 17.3 Å². The van der Waals surface area contributed by atoms with Gasteiger partial charge in [0.1, 0.15) is 12.0 Å². The van der Waals surface area contributed by atoms with Gasteiger partial charge in [-0.05, 0) is 18.8 Å². The molecule has 1 atom stereocenters. The van der Waals surface area contributed by atoms with E-state index >= 15 is 0 Å². The molecule has 1 N–H and O–H groups in total. The van der Waals surface area contributed by atoms with E-state index in [0.29, 0.717) is 17.5 Å². The molecule has 2 aliphatic heterocycles. The van der Waals surface area contributed by atoms with Gasteiger partial charge in [-0.15, -0.1) is 0 Å². The first-order chi connectivity index (χ1) is 15.9. The third-order valence-electron chi connectivity index (χ3n) is 6.37. The van der Waals surface area contributed by atoms with Crippen LogP contribution in [0.1, 0.15) is 51.2 Å². The second kappa shape index (κ2) is 10.4. The van der Waals surface area contributed by atoms with Crippen LogP contribution in [0.5, 0.6) is 5.75 Å². The molecule has 1 unspecified atom stereocenters. The van der Waals surface area contributed by atoms with Crippen LogP contribution in [0.2, 0.25) is 0 Å². The van der Waals surface area contributed by atoms with Gasteiger partial charge in [-0.3, -0.25) is 4.79 Å². The summed E-state index contributed by atoms with van der Waals surface area (Å²) in [6.07, 6.45) is 6.46. The minimum atomic E-state index is -0.463. The molecular formula is C23H33N5O5. The van der Waals surface area contributed by atoms with Crippen LogP contribution in [0, 0.1) is 5.92 Å². The normalized spacial score (nSPS) is 19.1. The monoisotopic (exact) mass is 459 g/mol. The first kappa shape index (κ1) is 23.3. The third-order valence-corrected chi connectivity index (χ3v) is 6.37. The number of piperidine rings is 2. The van der Waals surface area contributed by atoms with Crippen molar-refractivity contribution in [1.29, 1.82) is 0 Å². The predicted octanol–water partition coefficient (Wildman–Crippen LogP) is 2.39. The molecule has 10 heteroatoms. The van der Waals surface area contributed by atoms with E-state index in [1.807, 2.05) is 19.9 Å². The Kier molecular flexibility index (Phi) is 7.32. The Hall–Kier alpha value is -2.88. The van der Waals surface area contributed by atoms with E-state index in [0.717, 1.165) is 57.7 Å². The molecule has 4 heterocycles. The van der Waals surface area contributed by atoms with Crippen LogP contribution >= 0.6 is 0 Å². The Morgan fingerprint density at radius 1 is 1.09 bits per heavy atom. The summed E-state index contributed by atoms with van der Waals surface area (Å²) < 4.78 is 16.5. The number of aliphatic hydroxyl groups is 1. The smallest absolute Gasteiger partial charge is 0.316 e. The lowest BCUT2D eigenvalue weighted by Gasteiger charge is -2.32. The Morgan fingerprint density at radius 2 is 1.73 bits per heavy atom. The van der Waals surface area contributed by atoms with E-state index in [9.17, 15) is 9.90 Å². The van der Waals surface area contributed by atoms with Crippen LogP contribution < -0.4 is 14.5 Å². The SMILES string of the molecule is COC(=O)C(c1cc(N2CCC(Oc3cnc(N4CCC(O)CC4)nc3)CC2)no1)C(C)C. The van der Waals surface area contributed by atoms with E-state index < -0.39 is 5.92 Å². The Bertz CT molecular complexity index is 902. The first-order valence-corrected chi connectivity index (χ1v) is 11.7. The van der Waals surface area contributed by atoms with E-state index in [1.165, 1.54) is 7.11 Å². The molecule has 0 aromatic carbocycles. The molecule has 2 fully saturated rings. The number of aliphatic hydroxyl groups excluding tert-OH is 1. The fourth-order valence-electron chi connectivity index (χ4n) is 4.41. The van der Waals surface area contributed by atoms with Crippen molar-refractivity contribution >= 4 is 17.7 Å². The molecule has 10 nitrogen and oxygen atoms in total. The number of esters is 1. The second-order valence-electron chi connectivity index (χ2n) is 9.07. The maximum atomic E-state index is 12.1. The number of carbonyl (C=O) groups is 1. The van der Waals surface area contributed by atoms with Crippen LogP contribution in [0.3, 0.4) is 0 Å². The zero-order valence-corrected chi connectivity index (χ0v) is 19.5. The Balaban J connectivity index is 1.29. The number of hydrogen-bond acceptors (Lipinski definition) is 10. The number of anilines is 2.